The third kappa shape index (κ3) is 3.44. The molecule has 1 aliphatic heterocycles. The van der Waals surface area contributed by atoms with Crippen LogP contribution in [0.2, 0.25) is 0 Å². The van der Waals surface area contributed by atoms with E-state index < -0.39 is 0 Å². The molecule has 1 aliphatic rings. The van der Waals surface area contributed by atoms with Gasteiger partial charge in [-0.25, -0.2) is 0 Å². The first kappa shape index (κ1) is 13.8. The van der Waals surface area contributed by atoms with Gasteiger partial charge in [0.1, 0.15) is 5.56 Å². The maximum absolute atomic E-state index is 12.2. The molecule has 0 saturated carbocycles. The summed E-state index contributed by atoms with van der Waals surface area (Å²) in [5, 5.41) is 3.33. The van der Waals surface area contributed by atoms with Crippen molar-refractivity contribution in [3.8, 4) is 0 Å². The summed E-state index contributed by atoms with van der Waals surface area (Å²) >= 11 is 0. The molecule has 2 rings (SSSR count). The van der Waals surface area contributed by atoms with Crippen LogP contribution in [0.4, 0.5) is 0 Å². The Balaban J connectivity index is 2.03. The normalized spacial score (nSPS) is 19.2. The first-order valence-electron chi connectivity index (χ1n) is 6.74. The van der Waals surface area contributed by atoms with Crippen LogP contribution in [0.15, 0.2) is 16.9 Å². The van der Waals surface area contributed by atoms with Crippen molar-refractivity contribution in [1.82, 2.24) is 15.2 Å². The Morgan fingerprint density at radius 1 is 1.47 bits per heavy atom. The number of aromatic nitrogens is 1. The molecule has 0 aliphatic carbocycles. The summed E-state index contributed by atoms with van der Waals surface area (Å²) in [6.07, 6.45) is 2.28. The number of aryl methyl sites for hydroxylation is 1. The van der Waals surface area contributed by atoms with Crippen molar-refractivity contribution in [2.24, 2.45) is 5.92 Å². The average Bonchev–Trinajstić information content (AvgIpc) is 2.39. The summed E-state index contributed by atoms with van der Waals surface area (Å²) in [7, 11) is 1.76. The van der Waals surface area contributed by atoms with E-state index in [4.69, 9.17) is 0 Å². The van der Waals surface area contributed by atoms with Gasteiger partial charge in [0.15, 0.2) is 0 Å². The second-order valence-electron chi connectivity index (χ2n) is 5.28. The fourth-order valence-corrected chi connectivity index (χ4v) is 2.50. The minimum absolute atomic E-state index is 0.202. The number of carbonyl (C=O) groups excluding carboxylic acids is 1. The van der Waals surface area contributed by atoms with Crippen LogP contribution in [0, 0.1) is 12.8 Å². The predicted octanol–water partition coefficient (Wildman–Crippen LogP) is 0.755. The highest BCUT2D eigenvalue weighted by molar-refractivity contribution is 5.93. The maximum Gasteiger partial charge on any atom is 0.260 e. The van der Waals surface area contributed by atoms with Crippen molar-refractivity contribution in [2.45, 2.75) is 19.8 Å². The van der Waals surface area contributed by atoms with Crippen LogP contribution < -0.4 is 10.9 Å². The lowest BCUT2D eigenvalue weighted by Gasteiger charge is -2.27. The monoisotopic (exact) mass is 263 g/mol. The van der Waals surface area contributed by atoms with Gasteiger partial charge >= 0.3 is 0 Å². The van der Waals surface area contributed by atoms with E-state index in [0.717, 1.165) is 31.6 Å². The second-order valence-corrected chi connectivity index (χ2v) is 5.28. The van der Waals surface area contributed by atoms with Crippen LogP contribution in [0.3, 0.4) is 0 Å². The van der Waals surface area contributed by atoms with Gasteiger partial charge in [-0.3, -0.25) is 9.59 Å². The Kier molecular flexibility index (Phi) is 4.37. The molecule has 0 bridgehead atoms. The zero-order chi connectivity index (χ0) is 13.8. The Morgan fingerprint density at radius 2 is 2.26 bits per heavy atom. The number of nitrogens with one attached hydrogen (secondary N) is 2. The van der Waals surface area contributed by atoms with Gasteiger partial charge in [-0.05, 0) is 50.9 Å². The average molecular weight is 263 g/mol. The fourth-order valence-electron chi connectivity index (χ4n) is 2.50. The van der Waals surface area contributed by atoms with Crippen LogP contribution in [-0.4, -0.2) is 42.5 Å². The van der Waals surface area contributed by atoms with E-state index in [1.54, 1.807) is 31.0 Å². The quantitative estimate of drug-likeness (QED) is 0.846. The lowest BCUT2D eigenvalue weighted by molar-refractivity contribution is 0.0763. The number of aromatic amines is 1. The second kappa shape index (κ2) is 6.02. The molecule has 5 heteroatoms. The van der Waals surface area contributed by atoms with Crippen molar-refractivity contribution in [2.75, 3.05) is 26.7 Å². The van der Waals surface area contributed by atoms with Crippen LogP contribution in [0.5, 0.6) is 0 Å². The van der Waals surface area contributed by atoms with Crippen molar-refractivity contribution in [3.05, 3.63) is 33.7 Å². The minimum Gasteiger partial charge on any atom is -0.341 e. The number of nitrogens with zero attached hydrogens (tertiary/aromatic N) is 1. The summed E-state index contributed by atoms with van der Waals surface area (Å²) in [4.78, 5) is 28.3. The maximum atomic E-state index is 12.2. The number of amides is 1. The van der Waals surface area contributed by atoms with Crippen molar-refractivity contribution in [1.29, 1.82) is 0 Å². The first-order chi connectivity index (χ1) is 9.08. The van der Waals surface area contributed by atoms with E-state index in [1.165, 1.54) is 0 Å². The molecule has 5 nitrogen and oxygen atoms in total. The van der Waals surface area contributed by atoms with E-state index in [2.05, 4.69) is 10.3 Å². The molecule has 19 heavy (non-hydrogen) atoms. The molecule has 1 aromatic rings. The molecule has 0 spiro atoms. The van der Waals surface area contributed by atoms with Gasteiger partial charge < -0.3 is 15.2 Å². The summed E-state index contributed by atoms with van der Waals surface area (Å²) in [5.41, 5.74) is 0.677. The molecule has 2 N–H and O–H groups in total. The molecule has 104 valence electrons. The van der Waals surface area contributed by atoms with E-state index in [9.17, 15) is 9.59 Å². The number of hydrogen-bond acceptors (Lipinski definition) is 3. The summed E-state index contributed by atoms with van der Waals surface area (Å²) in [6.45, 7) is 4.50. The minimum atomic E-state index is -0.307. The summed E-state index contributed by atoms with van der Waals surface area (Å²) < 4.78 is 0. The highest BCUT2D eigenvalue weighted by Gasteiger charge is 2.20. The number of piperidine rings is 1. The lowest BCUT2D eigenvalue weighted by atomic mass is 9.99. The zero-order valence-corrected chi connectivity index (χ0v) is 11.5. The number of H-pyrrole nitrogens is 1. The van der Waals surface area contributed by atoms with Crippen molar-refractivity contribution in [3.63, 3.8) is 0 Å². The van der Waals surface area contributed by atoms with Gasteiger partial charge in [-0.15, -0.1) is 0 Å². The van der Waals surface area contributed by atoms with Gasteiger partial charge in [0.25, 0.3) is 11.5 Å². The molecular weight excluding hydrogens is 242 g/mol. The van der Waals surface area contributed by atoms with Crippen LogP contribution in [0.1, 0.15) is 28.9 Å². The highest BCUT2D eigenvalue weighted by atomic mass is 16.2. The van der Waals surface area contributed by atoms with Crippen molar-refractivity contribution >= 4 is 5.91 Å². The topological polar surface area (TPSA) is 65.2 Å². The molecule has 1 atom stereocenters. The molecule has 1 saturated heterocycles. The van der Waals surface area contributed by atoms with E-state index in [0.29, 0.717) is 12.5 Å². The zero-order valence-electron chi connectivity index (χ0n) is 11.5. The molecule has 1 aromatic heterocycles. The number of pyridine rings is 1. The van der Waals surface area contributed by atoms with Gasteiger partial charge in [0.2, 0.25) is 0 Å². The fraction of sp³-hybridized carbons (Fsp3) is 0.571. The molecule has 0 aromatic carbocycles. The Morgan fingerprint density at radius 3 is 2.89 bits per heavy atom. The molecule has 2 heterocycles. The van der Waals surface area contributed by atoms with E-state index >= 15 is 0 Å². The van der Waals surface area contributed by atoms with Gasteiger partial charge in [-0.2, -0.15) is 0 Å². The van der Waals surface area contributed by atoms with Gasteiger partial charge in [0, 0.05) is 19.3 Å². The molecule has 1 amide bonds. The van der Waals surface area contributed by atoms with E-state index in [1.807, 2.05) is 0 Å². The summed E-state index contributed by atoms with van der Waals surface area (Å²) in [5.74, 6) is 0.277. The lowest BCUT2D eigenvalue weighted by Crippen LogP contribution is -2.40. The Bertz CT molecular complexity index is 504. The Hall–Kier alpha value is -1.62. The third-order valence-electron chi connectivity index (χ3n) is 3.56. The molecule has 1 fully saturated rings. The van der Waals surface area contributed by atoms with E-state index in [-0.39, 0.29) is 17.0 Å². The highest BCUT2D eigenvalue weighted by Crippen LogP contribution is 2.12. The number of hydrogen-bond donors (Lipinski definition) is 2. The largest absolute Gasteiger partial charge is 0.341 e. The molecular formula is C14H21N3O2. The third-order valence-corrected chi connectivity index (χ3v) is 3.56. The standard InChI is InChI=1S/C14H21N3O2/c1-10-5-6-12(13(18)16-10)14(19)17(2)9-11-4-3-7-15-8-11/h5-6,11,15H,3-4,7-9H2,1-2H3,(H,16,18). The van der Waals surface area contributed by atoms with Gasteiger partial charge in [0.05, 0.1) is 0 Å². The first-order valence-corrected chi connectivity index (χ1v) is 6.74. The number of carbonyl (C=O) groups is 1. The van der Waals surface area contributed by atoms with Crippen LogP contribution in [0.25, 0.3) is 0 Å². The van der Waals surface area contributed by atoms with Crippen LogP contribution >= 0.6 is 0 Å². The Labute approximate surface area is 113 Å². The smallest absolute Gasteiger partial charge is 0.260 e. The summed E-state index contributed by atoms with van der Waals surface area (Å²) in [6, 6.07) is 3.36. The van der Waals surface area contributed by atoms with Gasteiger partial charge in [-0.1, -0.05) is 0 Å². The molecule has 0 radical (unpaired) electrons. The molecule has 1 unspecified atom stereocenters. The number of rotatable bonds is 3. The van der Waals surface area contributed by atoms with Crippen molar-refractivity contribution < 1.29 is 4.79 Å². The van der Waals surface area contributed by atoms with Crippen LogP contribution in [-0.2, 0) is 0 Å². The SMILES string of the molecule is Cc1ccc(C(=O)N(C)CC2CCCNC2)c(=O)[nH]1. The predicted molar refractivity (Wildman–Crippen MR) is 74.4 cm³/mol.